The molecular formula is C16H19FN4O. The van der Waals surface area contributed by atoms with Crippen LogP contribution in [0.5, 0.6) is 0 Å². The summed E-state index contributed by atoms with van der Waals surface area (Å²) < 4.78 is 13.2. The maximum atomic E-state index is 13.2. The van der Waals surface area contributed by atoms with Crippen molar-refractivity contribution in [2.24, 2.45) is 0 Å². The highest BCUT2D eigenvalue weighted by Gasteiger charge is 2.21. The Kier molecular flexibility index (Phi) is 4.02. The van der Waals surface area contributed by atoms with Gasteiger partial charge in [0.1, 0.15) is 11.6 Å². The molecule has 5 nitrogen and oxygen atoms in total. The number of nitrogens with one attached hydrogen (secondary N) is 1. The molecule has 0 aromatic carbocycles. The lowest BCUT2D eigenvalue weighted by atomic mass is 10.1. The first-order chi connectivity index (χ1) is 10.5. The highest BCUT2D eigenvalue weighted by Crippen LogP contribution is 2.18. The van der Waals surface area contributed by atoms with Gasteiger partial charge in [-0.2, -0.15) is 0 Å². The molecule has 3 rings (SSSR count). The van der Waals surface area contributed by atoms with Crippen LogP contribution in [-0.4, -0.2) is 26.4 Å². The lowest BCUT2D eigenvalue weighted by molar-refractivity contribution is 0.240. The van der Waals surface area contributed by atoms with Gasteiger partial charge >= 0.3 is 0 Å². The highest BCUT2D eigenvalue weighted by molar-refractivity contribution is 5.22. The fourth-order valence-corrected chi connectivity index (χ4v) is 2.71. The summed E-state index contributed by atoms with van der Waals surface area (Å²) in [6.07, 6.45) is 3.59. The molecule has 0 bridgehead atoms. The van der Waals surface area contributed by atoms with E-state index >= 15 is 0 Å². The smallest absolute Gasteiger partial charge is 0.255 e. The van der Waals surface area contributed by atoms with Crippen LogP contribution < -0.4 is 5.56 Å². The van der Waals surface area contributed by atoms with E-state index in [1.165, 1.54) is 12.3 Å². The number of nitrogens with zero attached hydrogens (tertiary/aromatic N) is 3. The van der Waals surface area contributed by atoms with Crippen molar-refractivity contribution in [1.82, 2.24) is 19.9 Å². The van der Waals surface area contributed by atoms with Gasteiger partial charge in [0.2, 0.25) is 0 Å². The van der Waals surface area contributed by atoms with E-state index in [4.69, 9.17) is 0 Å². The second-order valence-corrected chi connectivity index (χ2v) is 6.00. The molecule has 22 heavy (non-hydrogen) atoms. The third kappa shape index (κ3) is 3.06. The van der Waals surface area contributed by atoms with E-state index in [-0.39, 0.29) is 17.3 Å². The number of aromatic amines is 1. The van der Waals surface area contributed by atoms with Gasteiger partial charge in [0.15, 0.2) is 0 Å². The predicted molar refractivity (Wildman–Crippen MR) is 81.0 cm³/mol. The van der Waals surface area contributed by atoms with E-state index < -0.39 is 0 Å². The number of aromatic nitrogens is 3. The van der Waals surface area contributed by atoms with Crippen molar-refractivity contribution < 1.29 is 4.39 Å². The van der Waals surface area contributed by atoms with Crippen LogP contribution in [0.15, 0.2) is 23.3 Å². The molecule has 0 fully saturated rings. The largest absolute Gasteiger partial charge is 0.310 e. The maximum Gasteiger partial charge on any atom is 0.255 e. The van der Waals surface area contributed by atoms with E-state index in [1.54, 1.807) is 6.20 Å². The van der Waals surface area contributed by atoms with Crippen molar-refractivity contribution >= 4 is 0 Å². The van der Waals surface area contributed by atoms with Gasteiger partial charge < -0.3 is 4.98 Å². The van der Waals surface area contributed by atoms with Crippen LogP contribution in [0.1, 0.15) is 42.4 Å². The van der Waals surface area contributed by atoms with Gasteiger partial charge in [-0.15, -0.1) is 0 Å². The summed E-state index contributed by atoms with van der Waals surface area (Å²) in [4.78, 5) is 25.7. The molecule has 0 radical (unpaired) electrons. The summed E-state index contributed by atoms with van der Waals surface area (Å²) in [6, 6.07) is 1.48. The molecule has 1 N–H and O–H groups in total. The minimum absolute atomic E-state index is 0.0595. The van der Waals surface area contributed by atoms with Crippen LogP contribution in [-0.2, 0) is 19.5 Å². The van der Waals surface area contributed by atoms with Gasteiger partial charge in [-0.3, -0.25) is 14.7 Å². The molecular weight excluding hydrogens is 283 g/mol. The van der Waals surface area contributed by atoms with Crippen molar-refractivity contribution in [2.45, 2.75) is 39.3 Å². The molecule has 2 aromatic heterocycles. The van der Waals surface area contributed by atoms with Crippen LogP contribution in [0.25, 0.3) is 0 Å². The van der Waals surface area contributed by atoms with E-state index in [0.717, 1.165) is 35.6 Å². The number of rotatable bonds is 3. The molecule has 0 saturated carbocycles. The molecule has 1 aliphatic heterocycles. The average molecular weight is 302 g/mol. The Hall–Kier alpha value is -2.08. The molecule has 0 amide bonds. The minimum Gasteiger partial charge on any atom is -0.310 e. The zero-order valence-corrected chi connectivity index (χ0v) is 12.8. The average Bonchev–Trinajstić information content (AvgIpc) is 2.47. The molecule has 0 saturated heterocycles. The fraction of sp³-hybridized carbons (Fsp3) is 0.438. The predicted octanol–water partition coefficient (Wildman–Crippen LogP) is 1.99. The van der Waals surface area contributed by atoms with Crippen LogP contribution >= 0.6 is 0 Å². The van der Waals surface area contributed by atoms with Crippen molar-refractivity contribution in [2.75, 3.05) is 6.54 Å². The van der Waals surface area contributed by atoms with Gasteiger partial charge in [0, 0.05) is 38.2 Å². The lowest BCUT2D eigenvalue weighted by Crippen LogP contribution is -2.36. The Balaban J connectivity index is 1.81. The first kappa shape index (κ1) is 14.8. The second kappa shape index (κ2) is 5.96. The summed E-state index contributed by atoms with van der Waals surface area (Å²) in [5.74, 6) is 0.608. The minimum atomic E-state index is -0.337. The normalized spacial score (nSPS) is 15.1. The van der Waals surface area contributed by atoms with E-state index in [1.807, 2.05) is 13.8 Å². The maximum absolute atomic E-state index is 13.2. The van der Waals surface area contributed by atoms with Crippen LogP contribution in [0, 0.1) is 5.82 Å². The van der Waals surface area contributed by atoms with E-state index in [0.29, 0.717) is 13.1 Å². The zero-order valence-electron chi connectivity index (χ0n) is 12.8. The van der Waals surface area contributed by atoms with Gasteiger partial charge in [0.05, 0.1) is 17.5 Å². The van der Waals surface area contributed by atoms with Crippen molar-refractivity contribution in [3.05, 3.63) is 57.3 Å². The third-order valence-corrected chi connectivity index (χ3v) is 3.88. The van der Waals surface area contributed by atoms with Crippen molar-refractivity contribution in [1.29, 1.82) is 0 Å². The summed E-state index contributed by atoms with van der Waals surface area (Å²) in [6.45, 7) is 5.94. The standard InChI is InChI=1S/C16H19FN4O/c1-10(2)15-19-14-3-4-21(9-13(14)16(22)20-15)8-11-5-12(17)7-18-6-11/h5-7,10H,3-4,8-9H2,1-2H3,(H,19,20,22). The van der Waals surface area contributed by atoms with Crippen molar-refractivity contribution in [3.63, 3.8) is 0 Å². The van der Waals surface area contributed by atoms with Gasteiger partial charge in [-0.25, -0.2) is 9.37 Å². The molecule has 0 aliphatic carbocycles. The topological polar surface area (TPSA) is 61.9 Å². The quantitative estimate of drug-likeness (QED) is 0.942. The Bertz CT molecular complexity index is 741. The van der Waals surface area contributed by atoms with Crippen LogP contribution in [0.2, 0.25) is 0 Å². The first-order valence-corrected chi connectivity index (χ1v) is 7.46. The highest BCUT2D eigenvalue weighted by atomic mass is 19.1. The number of H-pyrrole nitrogens is 1. The van der Waals surface area contributed by atoms with Gasteiger partial charge in [-0.05, 0) is 11.6 Å². The number of halogens is 1. The van der Waals surface area contributed by atoms with Crippen LogP contribution in [0.3, 0.4) is 0 Å². The Morgan fingerprint density at radius 1 is 1.41 bits per heavy atom. The second-order valence-electron chi connectivity index (χ2n) is 6.00. The molecule has 6 heteroatoms. The van der Waals surface area contributed by atoms with E-state index in [9.17, 15) is 9.18 Å². The lowest BCUT2D eigenvalue weighted by Gasteiger charge is -2.27. The SMILES string of the molecule is CC(C)c1nc2c(c(=O)[nH]1)CN(Cc1cncc(F)c1)CC2. The zero-order chi connectivity index (χ0) is 15.7. The number of fused-ring (bicyclic) bond motifs is 1. The number of hydrogen-bond acceptors (Lipinski definition) is 4. The van der Waals surface area contributed by atoms with Crippen molar-refractivity contribution in [3.8, 4) is 0 Å². The molecule has 116 valence electrons. The fourth-order valence-electron chi connectivity index (χ4n) is 2.71. The Labute approximate surface area is 128 Å². The number of hydrogen-bond donors (Lipinski definition) is 1. The summed E-state index contributed by atoms with van der Waals surface area (Å²) >= 11 is 0. The van der Waals surface area contributed by atoms with Crippen LogP contribution in [0.4, 0.5) is 4.39 Å². The summed E-state index contributed by atoms with van der Waals surface area (Å²) in [5.41, 5.74) is 2.36. The molecule has 2 aromatic rings. The van der Waals surface area contributed by atoms with E-state index in [2.05, 4.69) is 19.9 Å². The Morgan fingerprint density at radius 2 is 2.23 bits per heavy atom. The Morgan fingerprint density at radius 3 is 2.95 bits per heavy atom. The summed E-state index contributed by atoms with van der Waals surface area (Å²) in [7, 11) is 0. The first-order valence-electron chi connectivity index (χ1n) is 7.46. The number of pyridine rings is 1. The summed E-state index contributed by atoms with van der Waals surface area (Å²) in [5, 5.41) is 0. The van der Waals surface area contributed by atoms with Gasteiger partial charge in [0.25, 0.3) is 5.56 Å². The molecule has 3 heterocycles. The molecule has 1 aliphatic rings. The monoisotopic (exact) mass is 302 g/mol. The molecule has 0 unspecified atom stereocenters. The molecule has 0 spiro atoms. The third-order valence-electron chi connectivity index (χ3n) is 3.88. The molecule has 0 atom stereocenters. The van der Waals surface area contributed by atoms with Gasteiger partial charge in [-0.1, -0.05) is 13.8 Å².